The largest absolute Gasteiger partial charge is 0.504 e. The molecule has 130 valence electrons. The molecule has 1 atom stereocenters. The molecule has 0 saturated heterocycles. The highest BCUT2D eigenvalue weighted by atomic mass is 16.6. The van der Waals surface area contributed by atoms with Crippen LogP contribution in [-0.2, 0) is 4.74 Å². The molecule has 3 rings (SSSR count). The minimum absolute atomic E-state index is 0.0988. The van der Waals surface area contributed by atoms with Gasteiger partial charge in [-0.3, -0.25) is 4.79 Å². The topological polar surface area (TPSA) is 102 Å². The number of aromatic hydroxyl groups is 2. The molecule has 2 N–H and O–H groups in total. The Morgan fingerprint density at radius 2 is 1.88 bits per heavy atom. The van der Waals surface area contributed by atoms with Crippen LogP contribution in [0.5, 0.6) is 23.0 Å². The van der Waals surface area contributed by atoms with Gasteiger partial charge in [-0.05, 0) is 24.3 Å². The van der Waals surface area contributed by atoms with Crippen LogP contribution in [0.2, 0.25) is 0 Å². The highest BCUT2D eigenvalue weighted by Crippen LogP contribution is 2.43. The zero-order valence-electron chi connectivity index (χ0n) is 13.6. The molecule has 2 aromatic rings. The van der Waals surface area contributed by atoms with Gasteiger partial charge in [0.05, 0.1) is 20.6 Å². The standard InChI is InChI=1S/C18H16O7/c1-23-14-6-4-10-15(25-18(22)16(10)17(14)24-2)8-12(20)9-3-5-11(19)13(21)7-9/h3-7,15,19,21H,8H2,1-2H3/t15-/m1/s1. The SMILES string of the molecule is COc1ccc2c(c1OC)C(=O)O[C@@H]2CC(=O)c1ccc(O)c(O)c1. The number of cyclic esters (lactones) is 1. The summed E-state index contributed by atoms with van der Waals surface area (Å²) in [5, 5.41) is 18.8. The molecule has 7 heteroatoms. The van der Waals surface area contributed by atoms with Crippen molar-refractivity contribution in [1.82, 2.24) is 0 Å². The Labute approximate surface area is 143 Å². The van der Waals surface area contributed by atoms with Crippen molar-refractivity contribution in [1.29, 1.82) is 0 Å². The molecule has 2 aromatic carbocycles. The molecule has 0 unspecified atom stereocenters. The zero-order chi connectivity index (χ0) is 18.1. The Hall–Kier alpha value is -3.22. The van der Waals surface area contributed by atoms with Gasteiger partial charge >= 0.3 is 5.97 Å². The zero-order valence-corrected chi connectivity index (χ0v) is 13.6. The van der Waals surface area contributed by atoms with Crippen molar-refractivity contribution in [2.24, 2.45) is 0 Å². The van der Waals surface area contributed by atoms with Crippen LogP contribution in [-0.4, -0.2) is 36.2 Å². The number of fused-ring (bicyclic) bond motifs is 1. The first-order valence-corrected chi connectivity index (χ1v) is 7.47. The predicted molar refractivity (Wildman–Crippen MR) is 86.4 cm³/mol. The van der Waals surface area contributed by atoms with Gasteiger partial charge in [-0.15, -0.1) is 0 Å². The lowest BCUT2D eigenvalue weighted by Crippen LogP contribution is -2.07. The number of hydrogen-bond acceptors (Lipinski definition) is 7. The van der Waals surface area contributed by atoms with Crippen LogP contribution < -0.4 is 9.47 Å². The number of ether oxygens (including phenoxy) is 3. The fourth-order valence-electron chi connectivity index (χ4n) is 2.81. The molecule has 0 saturated carbocycles. The summed E-state index contributed by atoms with van der Waals surface area (Å²) in [5.41, 5.74) is 0.993. The van der Waals surface area contributed by atoms with Crippen LogP contribution in [0.4, 0.5) is 0 Å². The van der Waals surface area contributed by atoms with Gasteiger partial charge < -0.3 is 24.4 Å². The van der Waals surface area contributed by atoms with Crippen molar-refractivity contribution in [2.75, 3.05) is 14.2 Å². The van der Waals surface area contributed by atoms with E-state index >= 15 is 0 Å². The van der Waals surface area contributed by atoms with E-state index in [-0.39, 0.29) is 40.6 Å². The first-order valence-electron chi connectivity index (χ1n) is 7.47. The number of ketones is 1. The Balaban J connectivity index is 1.90. The van der Waals surface area contributed by atoms with Crippen LogP contribution in [0, 0.1) is 0 Å². The number of carbonyl (C=O) groups excluding carboxylic acids is 2. The third-order valence-corrected chi connectivity index (χ3v) is 4.05. The number of rotatable bonds is 5. The quantitative estimate of drug-likeness (QED) is 0.488. The number of phenols is 2. The number of methoxy groups -OCH3 is 2. The second-order valence-corrected chi connectivity index (χ2v) is 5.49. The van der Waals surface area contributed by atoms with Crippen molar-refractivity contribution in [3.63, 3.8) is 0 Å². The molecule has 0 aliphatic carbocycles. The summed E-state index contributed by atoms with van der Waals surface area (Å²) in [6.45, 7) is 0. The fourth-order valence-corrected chi connectivity index (χ4v) is 2.81. The maximum Gasteiger partial charge on any atom is 0.343 e. The van der Waals surface area contributed by atoms with Gasteiger partial charge in [0, 0.05) is 11.1 Å². The van der Waals surface area contributed by atoms with E-state index in [9.17, 15) is 19.8 Å². The summed E-state index contributed by atoms with van der Waals surface area (Å²) >= 11 is 0. The Bertz CT molecular complexity index is 857. The lowest BCUT2D eigenvalue weighted by Gasteiger charge is -2.12. The average molecular weight is 344 g/mol. The third-order valence-electron chi connectivity index (χ3n) is 4.05. The van der Waals surface area contributed by atoms with Gasteiger partial charge in [0.15, 0.2) is 28.8 Å². The molecule has 1 aliphatic rings. The fraction of sp³-hybridized carbons (Fsp3) is 0.222. The molecule has 25 heavy (non-hydrogen) atoms. The van der Waals surface area contributed by atoms with E-state index in [1.54, 1.807) is 12.1 Å². The van der Waals surface area contributed by atoms with Crippen molar-refractivity contribution in [2.45, 2.75) is 12.5 Å². The third kappa shape index (κ3) is 2.84. The van der Waals surface area contributed by atoms with Gasteiger partial charge in [-0.1, -0.05) is 6.07 Å². The highest BCUT2D eigenvalue weighted by molar-refractivity contribution is 6.01. The Morgan fingerprint density at radius 3 is 2.52 bits per heavy atom. The van der Waals surface area contributed by atoms with Crippen molar-refractivity contribution < 1.29 is 34.0 Å². The molecule has 0 fully saturated rings. The molecule has 7 nitrogen and oxygen atoms in total. The Kier molecular flexibility index (Phi) is 4.22. The summed E-state index contributed by atoms with van der Waals surface area (Å²) in [6.07, 6.45) is -0.857. The van der Waals surface area contributed by atoms with E-state index in [0.717, 1.165) is 0 Å². The number of Topliss-reactive ketones (excluding diaryl/α,β-unsaturated/α-hetero) is 1. The Morgan fingerprint density at radius 1 is 1.12 bits per heavy atom. The molecule has 0 radical (unpaired) electrons. The minimum Gasteiger partial charge on any atom is -0.504 e. The van der Waals surface area contributed by atoms with E-state index in [4.69, 9.17) is 14.2 Å². The predicted octanol–water partition coefficient (Wildman–Crippen LogP) is 2.60. The monoisotopic (exact) mass is 344 g/mol. The van der Waals surface area contributed by atoms with Gasteiger partial charge in [0.2, 0.25) is 0 Å². The number of carbonyl (C=O) groups is 2. The van der Waals surface area contributed by atoms with Crippen LogP contribution >= 0.6 is 0 Å². The molecular weight excluding hydrogens is 328 g/mol. The first-order chi connectivity index (χ1) is 12.0. The number of benzene rings is 2. The summed E-state index contributed by atoms with van der Waals surface area (Å²) in [4.78, 5) is 24.6. The molecule has 0 spiro atoms. The van der Waals surface area contributed by atoms with Gasteiger partial charge in [-0.25, -0.2) is 4.79 Å². The minimum atomic E-state index is -0.759. The summed E-state index contributed by atoms with van der Waals surface area (Å²) < 4.78 is 15.7. The number of hydrogen-bond donors (Lipinski definition) is 2. The van der Waals surface area contributed by atoms with Crippen LogP contribution in [0.25, 0.3) is 0 Å². The number of phenolic OH excluding ortho intramolecular Hbond substituents is 2. The van der Waals surface area contributed by atoms with Crippen LogP contribution in [0.1, 0.15) is 38.8 Å². The van der Waals surface area contributed by atoms with Crippen molar-refractivity contribution in [3.05, 3.63) is 47.0 Å². The molecule has 0 aromatic heterocycles. The van der Waals surface area contributed by atoms with E-state index in [1.165, 1.54) is 32.4 Å². The lowest BCUT2D eigenvalue weighted by atomic mass is 9.97. The molecule has 0 amide bonds. The maximum absolute atomic E-state index is 12.4. The summed E-state index contributed by atoms with van der Waals surface area (Å²) in [5.74, 6) is -0.962. The number of esters is 1. The molecule has 1 heterocycles. The van der Waals surface area contributed by atoms with Crippen LogP contribution in [0.3, 0.4) is 0 Å². The van der Waals surface area contributed by atoms with Gasteiger partial charge in [-0.2, -0.15) is 0 Å². The van der Waals surface area contributed by atoms with Crippen LogP contribution in [0.15, 0.2) is 30.3 Å². The smallest absolute Gasteiger partial charge is 0.343 e. The molecule has 1 aliphatic heterocycles. The van der Waals surface area contributed by atoms with Crippen molar-refractivity contribution >= 4 is 11.8 Å². The average Bonchev–Trinajstić information content (AvgIpc) is 2.92. The van der Waals surface area contributed by atoms with E-state index in [2.05, 4.69) is 0 Å². The van der Waals surface area contributed by atoms with Gasteiger partial charge in [0.1, 0.15) is 11.7 Å². The summed E-state index contributed by atoms with van der Waals surface area (Å²) in [7, 11) is 2.88. The van der Waals surface area contributed by atoms with E-state index < -0.39 is 12.1 Å². The van der Waals surface area contributed by atoms with E-state index in [1.807, 2.05) is 0 Å². The van der Waals surface area contributed by atoms with Gasteiger partial charge in [0.25, 0.3) is 0 Å². The molecule has 0 bridgehead atoms. The van der Waals surface area contributed by atoms with E-state index in [0.29, 0.717) is 11.3 Å². The maximum atomic E-state index is 12.4. The summed E-state index contributed by atoms with van der Waals surface area (Å²) in [6, 6.07) is 7.09. The second-order valence-electron chi connectivity index (χ2n) is 5.49. The normalized spacial score (nSPS) is 15.4. The second kappa shape index (κ2) is 6.35. The van der Waals surface area contributed by atoms with Crippen molar-refractivity contribution in [3.8, 4) is 23.0 Å². The highest BCUT2D eigenvalue weighted by Gasteiger charge is 2.37. The lowest BCUT2D eigenvalue weighted by molar-refractivity contribution is 0.0365. The molecular formula is C18H16O7. The first kappa shape index (κ1) is 16.6.